The average Bonchev–Trinajstić information content (AvgIpc) is 2.17. The second kappa shape index (κ2) is 2.78. The lowest BCUT2D eigenvalue weighted by atomic mass is 9.95. The molecule has 0 saturated carbocycles. The van der Waals surface area contributed by atoms with E-state index in [0.29, 0.717) is 0 Å². The molecule has 0 fully saturated rings. The van der Waals surface area contributed by atoms with Crippen LogP contribution in [0.5, 0.6) is 0 Å². The summed E-state index contributed by atoms with van der Waals surface area (Å²) in [5, 5.41) is 8.78. The van der Waals surface area contributed by atoms with Gasteiger partial charge in [0, 0.05) is 12.4 Å². The van der Waals surface area contributed by atoms with E-state index in [9.17, 15) is 0 Å². The van der Waals surface area contributed by atoms with Crippen molar-refractivity contribution in [3.63, 3.8) is 0 Å². The summed E-state index contributed by atoms with van der Waals surface area (Å²) < 4.78 is 0. The molecule has 0 aliphatic heterocycles. The molecule has 0 N–H and O–H groups in total. The van der Waals surface area contributed by atoms with E-state index in [1.807, 2.05) is 6.20 Å². The molecule has 0 unspecified atom stereocenters. The Bertz CT molecular complexity index is 372. The Kier molecular flexibility index (Phi) is 1.64. The highest BCUT2D eigenvalue weighted by Crippen LogP contribution is 2.18. The topological polar surface area (TPSA) is 36.7 Å². The number of nitrogens with zero attached hydrogens (tertiary/aromatic N) is 2. The van der Waals surface area contributed by atoms with Gasteiger partial charge in [0.25, 0.3) is 0 Å². The highest BCUT2D eigenvalue weighted by atomic mass is 14.6. The van der Waals surface area contributed by atoms with Crippen LogP contribution in [0.15, 0.2) is 24.5 Å². The van der Waals surface area contributed by atoms with Crippen LogP contribution in [0.3, 0.4) is 0 Å². The summed E-state index contributed by atoms with van der Waals surface area (Å²) in [5.74, 6) is 0. The van der Waals surface area contributed by atoms with Crippen LogP contribution >= 0.6 is 0 Å². The molecule has 1 aromatic heterocycles. The molecule has 58 valence electrons. The lowest BCUT2D eigenvalue weighted by Crippen LogP contribution is -2.01. The maximum atomic E-state index is 8.78. The van der Waals surface area contributed by atoms with Crippen molar-refractivity contribution in [3.8, 4) is 6.07 Å². The van der Waals surface area contributed by atoms with Crippen LogP contribution in [0.4, 0.5) is 0 Å². The molecule has 1 aliphatic rings. The van der Waals surface area contributed by atoms with Crippen LogP contribution in [0.1, 0.15) is 16.7 Å². The summed E-state index contributed by atoms with van der Waals surface area (Å²) in [6, 6.07) is 2.16. The molecule has 0 bridgehead atoms. The van der Waals surface area contributed by atoms with Crippen molar-refractivity contribution >= 4 is 0 Å². The van der Waals surface area contributed by atoms with Crippen LogP contribution in [0.2, 0.25) is 0 Å². The third-order valence-corrected chi connectivity index (χ3v) is 2.09. The fourth-order valence-corrected chi connectivity index (χ4v) is 1.46. The predicted molar refractivity (Wildman–Crippen MR) is 45.5 cm³/mol. The summed E-state index contributed by atoms with van der Waals surface area (Å²) in [5.41, 5.74) is 3.06. The fourth-order valence-electron chi connectivity index (χ4n) is 1.46. The molecular formula is C10H8N2. The second-order valence-electron chi connectivity index (χ2n) is 2.82. The zero-order valence-corrected chi connectivity index (χ0v) is 6.62. The van der Waals surface area contributed by atoms with Crippen LogP contribution in [-0.4, -0.2) is 4.98 Å². The van der Waals surface area contributed by atoms with Crippen LogP contribution in [-0.2, 0) is 12.8 Å². The summed E-state index contributed by atoms with van der Waals surface area (Å²) >= 11 is 0. The smallest absolute Gasteiger partial charge is 0.101 e. The van der Waals surface area contributed by atoms with Gasteiger partial charge in [0.2, 0.25) is 0 Å². The zero-order valence-electron chi connectivity index (χ0n) is 6.62. The minimum absolute atomic E-state index is 0.719. The van der Waals surface area contributed by atoms with Crippen molar-refractivity contribution in [2.24, 2.45) is 0 Å². The number of hydrogen-bond acceptors (Lipinski definition) is 2. The molecule has 0 aromatic carbocycles. The second-order valence-corrected chi connectivity index (χ2v) is 2.82. The van der Waals surface area contributed by atoms with Gasteiger partial charge in [-0.3, -0.25) is 4.98 Å². The van der Waals surface area contributed by atoms with E-state index in [1.165, 1.54) is 5.56 Å². The van der Waals surface area contributed by atoms with Crippen molar-refractivity contribution in [1.29, 1.82) is 5.26 Å². The number of pyridine rings is 1. The van der Waals surface area contributed by atoms with Gasteiger partial charge in [-0.2, -0.15) is 5.26 Å². The molecule has 1 aliphatic carbocycles. The number of aromatic nitrogens is 1. The fraction of sp³-hybridized carbons (Fsp3) is 0.200. The molecular weight excluding hydrogens is 148 g/mol. The van der Waals surface area contributed by atoms with Crippen molar-refractivity contribution in [2.45, 2.75) is 12.8 Å². The number of fused-ring (bicyclic) bond motifs is 1. The Morgan fingerprint density at radius 3 is 2.92 bits per heavy atom. The van der Waals surface area contributed by atoms with E-state index < -0.39 is 0 Å². The van der Waals surface area contributed by atoms with E-state index in [1.54, 1.807) is 6.20 Å². The Balaban J connectivity index is 2.58. The van der Waals surface area contributed by atoms with Gasteiger partial charge in [-0.1, -0.05) is 12.2 Å². The van der Waals surface area contributed by atoms with Gasteiger partial charge in [0.05, 0.1) is 5.56 Å². The minimum atomic E-state index is 0.719. The summed E-state index contributed by atoms with van der Waals surface area (Å²) in [4.78, 5) is 4.01. The van der Waals surface area contributed by atoms with Crippen LogP contribution < -0.4 is 0 Å². The number of allylic oxidation sites excluding steroid dienone is 2. The monoisotopic (exact) mass is 156 g/mol. The Labute approximate surface area is 71.2 Å². The summed E-state index contributed by atoms with van der Waals surface area (Å²) in [6.07, 6.45) is 9.49. The average molecular weight is 156 g/mol. The molecule has 0 saturated heterocycles. The maximum Gasteiger partial charge on any atom is 0.101 e. The van der Waals surface area contributed by atoms with Gasteiger partial charge < -0.3 is 0 Å². The van der Waals surface area contributed by atoms with E-state index in [0.717, 1.165) is 24.0 Å². The van der Waals surface area contributed by atoms with Gasteiger partial charge in [-0.15, -0.1) is 0 Å². The first-order valence-electron chi connectivity index (χ1n) is 3.92. The third kappa shape index (κ3) is 0.998. The van der Waals surface area contributed by atoms with Gasteiger partial charge >= 0.3 is 0 Å². The molecule has 2 heteroatoms. The molecule has 12 heavy (non-hydrogen) atoms. The van der Waals surface area contributed by atoms with Crippen molar-refractivity contribution in [1.82, 2.24) is 4.98 Å². The number of nitriles is 1. The summed E-state index contributed by atoms with van der Waals surface area (Å²) in [6.45, 7) is 0. The first-order valence-corrected chi connectivity index (χ1v) is 3.92. The molecule has 0 spiro atoms. The van der Waals surface area contributed by atoms with Crippen molar-refractivity contribution in [3.05, 3.63) is 41.2 Å². The molecule has 1 aromatic rings. The van der Waals surface area contributed by atoms with Crippen LogP contribution in [0.25, 0.3) is 0 Å². The summed E-state index contributed by atoms with van der Waals surface area (Å²) in [7, 11) is 0. The van der Waals surface area contributed by atoms with E-state index in [2.05, 4.69) is 23.2 Å². The molecule has 0 radical (unpaired) electrons. The number of rotatable bonds is 0. The standard InChI is InChI=1S/C10H8N2/c11-5-9-7-12-6-8-3-1-2-4-10(8)9/h1-2,6-7H,3-4H2. The minimum Gasteiger partial charge on any atom is -0.263 e. The molecule has 2 rings (SSSR count). The van der Waals surface area contributed by atoms with Crippen molar-refractivity contribution < 1.29 is 0 Å². The van der Waals surface area contributed by atoms with Gasteiger partial charge in [-0.25, -0.2) is 0 Å². The van der Waals surface area contributed by atoms with Crippen LogP contribution in [0, 0.1) is 11.3 Å². The zero-order chi connectivity index (χ0) is 8.39. The quantitative estimate of drug-likeness (QED) is 0.535. The third-order valence-electron chi connectivity index (χ3n) is 2.09. The largest absolute Gasteiger partial charge is 0.263 e. The Morgan fingerprint density at radius 2 is 2.08 bits per heavy atom. The van der Waals surface area contributed by atoms with Gasteiger partial charge in [0.15, 0.2) is 0 Å². The predicted octanol–water partition coefficient (Wildman–Crippen LogP) is 1.61. The first kappa shape index (κ1) is 7.05. The van der Waals surface area contributed by atoms with Gasteiger partial charge in [0.1, 0.15) is 6.07 Å². The SMILES string of the molecule is N#Cc1cncc2c1CC=CC2. The normalized spacial score (nSPS) is 13.6. The van der Waals surface area contributed by atoms with E-state index in [4.69, 9.17) is 5.26 Å². The highest BCUT2D eigenvalue weighted by Gasteiger charge is 2.08. The lowest BCUT2D eigenvalue weighted by Gasteiger charge is -2.10. The molecule has 0 atom stereocenters. The maximum absolute atomic E-state index is 8.78. The Hall–Kier alpha value is -1.62. The first-order chi connectivity index (χ1) is 5.92. The van der Waals surface area contributed by atoms with Crippen molar-refractivity contribution in [2.75, 3.05) is 0 Å². The molecule has 1 heterocycles. The molecule has 0 amide bonds. The Morgan fingerprint density at radius 1 is 1.25 bits per heavy atom. The molecule has 2 nitrogen and oxygen atoms in total. The number of hydrogen-bond donors (Lipinski definition) is 0. The van der Waals surface area contributed by atoms with E-state index >= 15 is 0 Å². The van der Waals surface area contributed by atoms with E-state index in [-0.39, 0.29) is 0 Å². The van der Waals surface area contributed by atoms with Gasteiger partial charge in [-0.05, 0) is 24.0 Å². The highest BCUT2D eigenvalue weighted by molar-refractivity contribution is 5.43. The lowest BCUT2D eigenvalue weighted by molar-refractivity contribution is 1.05.